The van der Waals surface area contributed by atoms with Crippen molar-refractivity contribution in [3.8, 4) is 0 Å². The lowest BCUT2D eigenvalue weighted by atomic mass is 9.72. The smallest absolute Gasteiger partial charge is 0.356 e. The third-order valence-corrected chi connectivity index (χ3v) is 4.88. The Morgan fingerprint density at radius 1 is 1.14 bits per heavy atom. The van der Waals surface area contributed by atoms with Crippen LogP contribution in [0.3, 0.4) is 0 Å². The lowest BCUT2D eigenvalue weighted by Gasteiger charge is -2.35. The Labute approximate surface area is 160 Å². The molecule has 0 spiro atoms. The summed E-state index contributed by atoms with van der Waals surface area (Å²) in [6.45, 7) is 1.88. The van der Waals surface area contributed by atoms with Crippen LogP contribution in [-0.4, -0.2) is 38.8 Å². The van der Waals surface area contributed by atoms with Gasteiger partial charge in [-0.05, 0) is 30.5 Å². The van der Waals surface area contributed by atoms with E-state index >= 15 is 0 Å². The van der Waals surface area contributed by atoms with Gasteiger partial charge >= 0.3 is 5.97 Å². The number of anilines is 1. The highest BCUT2D eigenvalue weighted by molar-refractivity contribution is 6.08. The lowest BCUT2D eigenvalue weighted by molar-refractivity contribution is -0.138. The Morgan fingerprint density at radius 2 is 1.79 bits per heavy atom. The van der Waals surface area contributed by atoms with Gasteiger partial charge in [0.2, 0.25) is 11.8 Å². The van der Waals surface area contributed by atoms with Gasteiger partial charge in [-0.3, -0.25) is 19.7 Å². The van der Waals surface area contributed by atoms with Gasteiger partial charge in [-0.1, -0.05) is 19.1 Å². The number of aromatic carboxylic acids is 1. The lowest BCUT2D eigenvalue weighted by Crippen LogP contribution is -2.51. The van der Waals surface area contributed by atoms with E-state index in [0.717, 1.165) is 5.56 Å². The number of carboxylic acids is 1. The van der Waals surface area contributed by atoms with Gasteiger partial charge in [-0.25, -0.2) is 14.8 Å². The maximum absolute atomic E-state index is 12.4. The SMILES string of the molecule is CC[C@@]1(c2ccc(NC(=O)c3nccnc3C(=O)O)cc2)CCC(=O)NC1=O. The minimum absolute atomic E-state index is 0.267. The summed E-state index contributed by atoms with van der Waals surface area (Å²) >= 11 is 0. The summed E-state index contributed by atoms with van der Waals surface area (Å²) in [5, 5.41) is 14.1. The third kappa shape index (κ3) is 3.46. The van der Waals surface area contributed by atoms with Crippen molar-refractivity contribution in [2.24, 2.45) is 0 Å². The number of amides is 3. The first-order chi connectivity index (χ1) is 13.4. The fourth-order valence-corrected chi connectivity index (χ4v) is 3.29. The average Bonchev–Trinajstić information content (AvgIpc) is 2.69. The van der Waals surface area contributed by atoms with Gasteiger partial charge in [0.25, 0.3) is 5.91 Å². The van der Waals surface area contributed by atoms with Crippen molar-refractivity contribution >= 4 is 29.4 Å². The molecule has 1 atom stereocenters. The molecule has 0 bridgehead atoms. The van der Waals surface area contributed by atoms with Gasteiger partial charge in [0.15, 0.2) is 11.4 Å². The second-order valence-corrected chi connectivity index (χ2v) is 6.40. The number of piperidine rings is 1. The number of carbonyl (C=O) groups is 4. The van der Waals surface area contributed by atoms with E-state index in [0.29, 0.717) is 18.5 Å². The molecule has 0 radical (unpaired) electrons. The molecule has 1 aliphatic rings. The van der Waals surface area contributed by atoms with Gasteiger partial charge in [0.05, 0.1) is 5.41 Å². The van der Waals surface area contributed by atoms with E-state index in [4.69, 9.17) is 5.11 Å². The number of benzene rings is 1. The molecule has 9 heteroatoms. The van der Waals surface area contributed by atoms with Crippen molar-refractivity contribution in [1.29, 1.82) is 0 Å². The molecular weight excluding hydrogens is 364 g/mol. The first kappa shape index (κ1) is 19.2. The van der Waals surface area contributed by atoms with E-state index in [-0.39, 0.29) is 23.9 Å². The monoisotopic (exact) mass is 382 g/mol. The normalized spacial score (nSPS) is 19.0. The zero-order valence-corrected chi connectivity index (χ0v) is 15.1. The number of rotatable bonds is 5. The van der Waals surface area contributed by atoms with Crippen LogP contribution in [0.4, 0.5) is 5.69 Å². The highest BCUT2D eigenvalue weighted by atomic mass is 16.4. The van der Waals surface area contributed by atoms with Gasteiger partial charge in [0.1, 0.15) is 0 Å². The maximum Gasteiger partial charge on any atom is 0.356 e. The molecule has 1 aliphatic heterocycles. The number of nitrogens with zero attached hydrogens (tertiary/aromatic N) is 2. The summed E-state index contributed by atoms with van der Waals surface area (Å²) in [5.74, 6) is -2.66. The summed E-state index contributed by atoms with van der Waals surface area (Å²) < 4.78 is 0. The molecule has 9 nitrogen and oxygen atoms in total. The van der Waals surface area contributed by atoms with Crippen molar-refractivity contribution in [1.82, 2.24) is 15.3 Å². The molecule has 1 saturated heterocycles. The number of carboxylic acid groups (broad SMARTS) is 1. The van der Waals surface area contributed by atoms with Crippen molar-refractivity contribution in [2.45, 2.75) is 31.6 Å². The Bertz CT molecular complexity index is 957. The van der Waals surface area contributed by atoms with Gasteiger partial charge in [-0.15, -0.1) is 0 Å². The van der Waals surface area contributed by atoms with Crippen LogP contribution in [0.15, 0.2) is 36.7 Å². The molecule has 28 heavy (non-hydrogen) atoms. The van der Waals surface area contributed by atoms with E-state index in [1.165, 1.54) is 12.4 Å². The largest absolute Gasteiger partial charge is 0.476 e. The van der Waals surface area contributed by atoms with Crippen molar-refractivity contribution in [3.05, 3.63) is 53.6 Å². The Hall–Kier alpha value is -3.62. The summed E-state index contributed by atoms with van der Waals surface area (Å²) in [4.78, 5) is 54.9. The topological polar surface area (TPSA) is 138 Å². The summed E-state index contributed by atoms with van der Waals surface area (Å²) in [6, 6.07) is 6.66. The van der Waals surface area contributed by atoms with Crippen LogP contribution in [0.2, 0.25) is 0 Å². The molecule has 3 N–H and O–H groups in total. The first-order valence-electron chi connectivity index (χ1n) is 8.68. The van der Waals surface area contributed by atoms with Crippen molar-refractivity contribution < 1.29 is 24.3 Å². The fraction of sp³-hybridized carbons (Fsp3) is 0.263. The summed E-state index contributed by atoms with van der Waals surface area (Å²) in [7, 11) is 0. The summed E-state index contributed by atoms with van der Waals surface area (Å²) in [5.41, 5.74) is -0.380. The molecule has 1 aromatic heterocycles. The number of hydrogen-bond donors (Lipinski definition) is 3. The molecular formula is C19H18N4O5. The molecule has 0 aliphatic carbocycles. The van der Waals surface area contributed by atoms with Gasteiger partial charge < -0.3 is 10.4 Å². The molecule has 144 valence electrons. The van der Waals surface area contributed by atoms with Crippen molar-refractivity contribution in [2.75, 3.05) is 5.32 Å². The van der Waals surface area contributed by atoms with E-state index in [1.54, 1.807) is 24.3 Å². The fourth-order valence-electron chi connectivity index (χ4n) is 3.29. The van der Waals surface area contributed by atoms with Gasteiger partial charge in [0, 0.05) is 24.5 Å². The van der Waals surface area contributed by atoms with Crippen LogP contribution in [-0.2, 0) is 15.0 Å². The quantitative estimate of drug-likeness (QED) is 0.666. The number of hydrogen-bond acceptors (Lipinski definition) is 6. The second kappa shape index (κ2) is 7.55. The molecule has 2 aromatic rings. The van der Waals surface area contributed by atoms with Crippen LogP contribution in [0.25, 0.3) is 0 Å². The average molecular weight is 382 g/mol. The van der Waals surface area contributed by atoms with E-state index in [2.05, 4.69) is 20.6 Å². The summed E-state index contributed by atoms with van der Waals surface area (Å²) in [6.07, 6.45) is 3.64. The zero-order chi connectivity index (χ0) is 20.3. The van der Waals surface area contributed by atoms with E-state index in [1.807, 2.05) is 6.92 Å². The highest BCUT2D eigenvalue weighted by Gasteiger charge is 2.42. The number of carbonyl (C=O) groups excluding carboxylic acids is 3. The Morgan fingerprint density at radius 3 is 2.36 bits per heavy atom. The van der Waals surface area contributed by atoms with Crippen LogP contribution in [0.1, 0.15) is 52.7 Å². The molecule has 3 rings (SSSR count). The molecule has 2 heterocycles. The Balaban J connectivity index is 1.82. The van der Waals surface area contributed by atoms with E-state index in [9.17, 15) is 19.2 Å². The van der Waals surface area contributed by atoms with Crippen LogP contribution in [0.5, 0.6) is 0 Å². The molecule has 3 amide bonds. The molecule has 0 saturated carbocycles. The second-order valence-electron chi connectivity index (χ2n) is 6.40. The van der Waals surface area contributed by atoms with Crippen LogP contribution < -0.4 is 10.6 Å². The first-order valence-corrected chi connectivity index (χ1v) is 8.68. The third-order valence-electron chi connectivity index (χ3n) is 4.88. The molecule has 1 fully saturated rings. The van der Waals surface area contributed by atoms with Crippen molar-refractivity contribution in [3.63, 3.8) is 0 Å². The number of imide groups is 1. The number of aromatic nitrogens is 2. The predicted octanol–water partition coefficient (Wildman–Crippen LogP) is 1.51. The van der Waals surface area contributed by atoms with Gasteiger partial charge in [-0.2, -0.15) is 0 Å². The highest BCUT2D eigenvalue weighted by Crippen LogP contribution is 2.36. The van der Waals surface area contributed by atoms with E-state index < -0.39 is 23.0 Å². The zero-order valence-electron chi connectivity index (χ0n) is 15.1. The predicted molar refractivity (Wildman–Crippen MR) is 97.7 cm³/mol. The molecule has 0 unspecified atom stereocenters. The maximum atomic E-state index is 12.4. The van der Waals surface area contributed by atoms with Crippen LogP contribution >= 0.6 is 0 Å². The standard InChI is InChI=1S/C19H18N4O5/c1-2-19(8-7-13(24)23-18(19)28)11-3-5-12(6-4-11)22-16(25)14-15(17(26)27)21-10-9-20-14/h3-6,9-10H,2,7-8H2,1H3,(H,22,25)(H,26,27)(H,23,24,28)/t19-/m0/s1. The minimum Gasteiger partial charge on any atom is -0.476 e. The Kier molecular flexibility index (Phi) is 5.16. The molecule has 1 aromatic carbocycles. The minimum atomic E-state index is -1.35. The van der Waals surface area contributed by atoms with Crippen LogP contribution in [0, 0.1) is 0 Å². The number of nitrogens with one attached hydrogen (secondary N) is 2.